The molecule has 1 aromatic rings. The standard InChI is InChI=1S/C28H38N4O7/c1-12(2)10-30-11-14-9-17(33)19-15(21(14)31(3)4)7-13-8-16-22(32(5)6)24(35)20(27(29)38)26(37)28(16,39)25(36)18(13)23(19)34/h9,12-13,16,22,30,33-34,37,39H,7-8,10-11H2,1-6H3,(H2,29,38)/t13-,16-,22-,28-/m0/s1. The molecule has 11 heteroatoms. The number of ketones is 2. The van der Waals surface area contributed by atoms with Crippen LogP contribution < -0.4 is 16.0 Å². The molecule has 0 unspecified atom stereocenters. The van der Waals surface area contributed by atoms with Gasteiger partial charge in [0.05, 0.1) is 11.6 Å². The van der Waals surface area contributed by atoms with Crippen LogP contribution in [0.2, 0.25) is 0 Å². The average molecular weight is 543 g/mol. The molecule has 0 heterocycles. The van der Waals surface area contributed by atoms with Gasteiger partial charge in [-0.15, -0.1) is 0 Å². The number of aliphatic hydroxyl groups excluding tert-OH is 2. The molecule has 4 rings (SSSR count). The number of nitrogens with two attached hydrogens (primary N) is 1. The van der Waals surface area contributed by atoms with Gasteiger partial charge in [-0.3, -0.25) is 19.3 Å². The average Bonchev–Trinajstić information content (AvgIpc) is 2.80. The second kappa shape index (κ2) is 9.96. The van der Waals surface area contributed by atoms with Crippen molar-refractivity contribution < 1.29 is 34.8 Å². The summed E-state index contributed by atoms with van der Waals surface area (Å²) in [5.41, 5.74) is 4.07. The number of aromatic hydroxyl groups is 1. The van der Waals surface area contributed by atoms with Crippen LogP contribution in [0.4, 0.5) is 5.69 Å². The Kier molecular flexibility index (Phi) is 7.30. The van der Waals surface area contributed by atoms with Crippen LogP contribution in [0.15, 0.2) is 23.0 Å². The van der Waals surface area contributed by atoms with Crippen LogP contribution in [-0.4, -0.2) is 89.2 Å². The quantitative estimate of drug-likeness (QED) is 0.270. The van der Waals surface area contributed by atoms with E-state index < -0.39 is 58.0 Å². The molecule has 1 saturated carbocycles. The zero-order valence-electron chi connectivity index (χ0n) is 23.2. The van der Waals surface area contributed by atoms with Gasteiger partial charge in [-0.2, -0.15) is 0 Å². The highest BCUT2D eigenvalue weighted by atomic mass is 16.3. The maximum absolute atomic E-state index is 13.9. The fourth-order valence-electron chi connectivity index (χ4n) is 6.56. The highest BCUT2D eigenvalue weighted by molar-refractivity contribution is 6.24. The number of amides is 1. The molecule has 4 atom stereocenters. The molecule has 0 saturated heterocycles. The minimum absolute atomic E-state index is 0.0508. The van der Waals surface area contributed by atoms with Crippen molar-refractivity contribution in [2.75, 3.05) is 39.6 Å². The molecule has 1 fully saturated rings. The van der Waals surface area contributed by atoms with E-state index in [1.807, 2.05) is 19.0 Å². The number of aliphatic hydroxyl groups is 3. The van der Waals surface area contributed by atoms with E-state index in [2.05, 4.69) is 19.2 Å². The summed E-state index contributed by atoms with van der Waals surface area (Å²) in [6.07, 6.45) is 0.294. The van der Waals surface area contributed by atoms with Crippen LogP contribution in [0.5, 0.6) is 5.75 Å². The van der Waals surface area contributed by atoms with Gasteiger partial charge in [0.15, 0.2) is 11.4 Å². The van der Waals surface area contributed by atoms with E-state index in [-0.39, 0.29) is 29.7 Å². The number of phenolic OH excluding ortho intramolecular Hbond substituents is 1. The van der Waals surface area contributed by atoms with E-state index >= 15 is 0 Å². The van der Waals surface area contributed by atoms with Crippen molar-refractivity contribution in [1.82, 2.24) is 10.2 Å². The largest absolute Gasteiger partial charge is 0.508 e. The number of phenols is 1. The summed E-state index contributed by atoms with van der Waals surface area (Å²) in [7, 11) is 6.86. The van der Waals surface area contributed by atoms with Gasteiger partial charge in [0.2, 0.25) is 5.78 Å². The van der Waals surface area contributed by atoms with Gasteiger partial charge < -0.3 is 36.4 Å². The maximum Gasteiger partial charge on any atom is 0.255 e. The first kappa shape index (κ1) is 28.6. The molecule has 0 spiro atoms. The zero-order valence-corrected chi connectivity index (χ0v) is 23.2. The molecule has 7 N–H and O–H groups in total. The zero-order chi connectivity index (χ0) is 29.1. The Balaban J connectivity index is 1.92. The van der Waals surface area contributed by atoms with Crippen LogP contribution in [0.25, 0.3) is 5.76 Å². The highest BCUT2D eigenvalue weighted by Gasteiger charge is 2.64. The molecule has 1 aromatic carbocycles. The number of rotatable bonds is 7. The maximum atomic E-state index is 13.9. The number of hydrogen-bond acceptors (Lipinski definition) is 10. The molecule has 0 aliphatic heterocycles. The number of nitrogens with one attached hydrogen (secondary N) is 1. The van der Waals surface area contributed by atoms with E-state index in [9.17, 15) is 34.8 Å². The highest BCUT2D eigenvalue weighted by Crippen LogP contribution is 2.54. The minimum atomic E-state index is -2.65. The van der Waals surface area contributed by atoms with Crippen LogP contribution in [0.1, 0.15) is 37.0 Å². The fraction of sp³-hybridized carbons (Fsp3) is 0.536. The molecular formula is C28H38N4O7. The molecule has 0 aromatic heterocycles. The smallest absolute Gasteiger partial charge is 0.255 e. The number of carbonyl (C=O) groups excluding carboxylic acids is 3. The number of hydrogen-bond donors (Lipinski definition) is 6. The van der Waals surface area contributed by atoms with Gasteiger partial charge in [-0.05, 0) is 62.5 Å². The van der Waals surface area contributed by atoms with Crippen molar-refractivity contribution in [3.05, 3.63) is 39.7 Å². The predicted molar refractivity (Wildman–Crippen MR) is 145 cm³/mol. The SMILES string of the molecule is CC(C)CNCc1cc(O)c2c(c1N(C)C)C[C@H]1C[C@H]3[C@H](N(C)C)C(=O)C(C(N)=O)=C(O)[C@@]3(O)C(=O)C1=C2O. The summed E-state index contributed by atoms with van der Waals surface area (Å²) < 4.78 is 0. The topological polar surface area (TPSA) is 177 Å². The minimum Gasteiger partial charge on any atom is -0.508 e. The van der Waals surface area contributed by atoms with Gasteiger partial charge in [0.25, 0.3) is 5.91 Å². The Hall–Kier alpha value is -3.41. The van der Waals surface area contributed by atoms with E-state index in [4.69, 9.17) is 5.73 Å². The van der Waals surface area contributed by atoms with Crippen LogP contribution >= 0.6 is 0 Å². The van der Waals surface area contributed by atoms with E-state index in [1.165, 1.54) is 4.90 Å². The Bertz CT molecular complexity index is 1310. The Morgan fingerprint density at radius 2 is 1.82 bits per heavy atom. The number of fused-ring (bicyclic) bond motifs is 3. The lowest BCUT2D eigenvalue weighted by molar-refractivity contribution is -0.153. The van der Waals surface area contributed by atoms with Gasteiger partial charge in [0.1, 0.15) is 22.8 Å². The van der Waals surface area contributed by atoms with Gasteiger partial charge in [0, 0.05) is 37.8 Å². The first-order chi connectivity index (χ1) is 18.1. The lowest BCUT2D eigenvalue weighted by atomic mass is 9.57. The lowest BCUT2D eigenvalue weighted by Crippen LogP contribution is -2.65. The van der Waals surface area contributed by atoms with Crippen molar-refractivity contribution in [3.63, 3.8) is 0 Å². The van der Waals surface area contributed by atoms with Crippen LogP contribution in [0, 0.1) is 17.8 Å². The number of benzene rings is 1. The molecule has 1 amide bonds. The first-order valence-corrected chi connectivity index (χ1v) is 13.0. The Morgan fingerprint density at radius 3 is 2.36 bits per heavy atom. The van der Waals surface area contributed by atoms with E-state index in [0.717, 1.165) is 17.8 Å². The number of Topliss-reactive ketones (excluding diaryl/α,β-unsaturated/α-hetero) is 2. The summed E-state index contributed by atoms with van der Waals surface area (Å²) in [6, 6.07) is 0.434. The molecule has 3 aliphatic rings. The van der Waals surface area contributed by atoms with E-state index in [1.54, 1.807) is 20.2 Å². The molecule has 212 valence electrons. The fourth-order valence-corrected chi connectivity index (χ4v) is 6.56. The molecule has 11 nitrogen and oxygen atoms in total. The number of nitrogens with zero attached hydrogens (tertiary/aromatic N) is 2. The van der Waals surface area contributed by atoms with Gasteiger partial charge >= 0.3 is 0 Å². The van der Waals surface area contributed by atoms with Crippen LogP contribution in [-0.2, 0) is 27.3 Å². The monoisotopic (exact) mass is 542 g/mol. The predicted octanol–water partition coefficient (Wildman–Crippen LogP) is 0.776. The van der Waals surface area contributed by atoms with Gasteiger partial charge in [-0.25, -0.2) is 0 Å². The second-order valence-electron chi connectivity index (χ2n) is 11.6. The number of likely N-dealkylation sites (N-methyl/N-ethyl adjacent to an activating group) is 1. The normalized spacial score (nSPS) is 26.6. The third-order valence-corrected chi connectivity index (χ3v) is 8.09. The number of carbonyl (C=O) groups is 3. The second-order valence-corrected chi connectivity index (χ2v) is 11.6. The number of anilines is 1. The van der Waals surface area contributed by atoms with Crippen molar-refractivity contribution in [2.45, 2.75) is 44.9 Å². The van der Waals surface area contributed by atoms with Crippen molar-refractivity contribution in [1.29, 1.82) is 0 Å². The molecule has 0 bridgehead atoms. The molecular weight excluding hydrogens is 504 g/mol. The third-order valence-electron chi connectivity index (χ3n) is 8.09. The van der Waals surface area contributed by atoms with Crippen molar-refractivity contribution in [3.8, 4) is 5.75 Å². The lowest BCUT2D eigenvalue weighted by Gasteiger charge is -2.50. The van der Waals surface area contributed by atoms with Gasteiger partial charge in [-0.1, -0.05) is 13.8 Å². The molecule has 39 heavy (non-hydrogen) atoms. The van der Waals surface area contributed by atoms with Crippen molar-refractivity contribution in [2.24, 2.45) is 23.5 Å². The third kappa shape index (κ3) is 4.29. The summed E-state index contributed by atoms with van der Waals surface area (Å²) in [5.74, 6) is -6.16. The summed E-state index contributed by atoms with van der Waals surface area (Å²) in [4.78, 5) is 42.7. The number of primary amides is 1. The van der Waals surface area contributed by atoms with Crippen LogP contribution in [0.3, 0.4) is 0 Å². The van der Waals surface area contributed by atoms with E-state index in [0.29, 0.717) is 18.0 Å². The molecule has 0 radical (unpaired) electrons. The van der Waals surface area contributed by atoms with Crippen molar-refractivity contribution >= 4 is 28.9 Å². The molecule has 3 aliphatic carbocycles. The first-order valence-electron chi connectivity index (χ1n) is 13.0. The summed E-state index contributed by atoms with van der Waals surface area (Å²) in [6.45, 7) is 5.42. The summed E-state index contributed by atoms with van der Waals surface area (Å²) in [5, 5.41) is 48.5. The summed E-state index contributed by atoms with van der Waals surface area (Å²) >= 11 is 0. The Labute approximate surface area is 227 Å². The Morgan fingerprint density at radius 1 is 1.18 bits per heavy atom.